The summed E-state index contributed by atoms with van der Waals surface area (Å²) in [6, 6.07) is 59.6. The lowest BCUT2D eigenvalue weighted by molar-refractivity contribution is 1.09. The van der Waals surface area contributed by atoms with Gasteiger partial charge >= 0.3 is 0 Å². The summed E-state index contributed by atoms with van der Waals surface area (Å²) in [6.07, 6.45) is 1.77. The van der Waals surface area contributed by atoms with Gasteiger partial charge in [0.15, 0.2) is 0 Å². The monoisotopic (exact) mass is 585 g/mol. The van der Waals surface area contributed by atoms with Crippen molar-refractivity contribution in [1.29, 1.82) is 0 Å². The Balaban J connectivity index is 1.15. The minimum absolute atomic E-state index is 0.753. The highest BCUT2D eigenvalue weighted by Gasteiger charge is 2.19. The Kier molecular flexibility index (Phi) is 6.35. The Morgan fingerprint density at radius 2 is 1.09 bits per heavy atom. The molecule has 7 aromatic carbocycles. The van der Waals surface area contributed by atoms with Crippen LogP contribution in [0.25, 0.3) is 66.2 Å². The van der Waals surface area contributed by atoms with E-state index in [4.69, 9.17) is 4.98 Å². The molecule has 0 saturated heterocycles. The van der Waals surface area contributed by atoms with Crippen molar-refractivity contribution in [1.82, 2.24) is 4.98 Å². The summed E-state index contributed by atoms with van der Waals surface area (Å²) in [5.74, 6) is 0. The molecule has 8 aromatic rings. The van der Waals surface area contributed by atoms with E-state index in [1.165, 1.54) is 71.6 Å². The molecule has 46 heavy (non-hydrogen) atoms. The van der Waals surface area contributed by atoms with E-state index in [1.54, 1.807) is 0 Å². The molecule has 0 spiro atoms. The lowest BCUT2D eigenvalue weighted by Crippen LogP contribution is -1.98. The molecule has 0 amide bonds. The van der Waals surface area contributed by atoms with E-state index in [9.17, 15) is 0 Å². The van der Waals surface area contributed by atoms with Gasteiger partial charge in [-0.2, -0.15) is 0 Å². The molecule has 1 heterocycles. The van der Waals surface area contributed by atoms with Gasteiger partial charge in [-0.1, -0.05) is 140 Å². The van der Waals surface area contributed by atoms with Crippen molar-refractivity contribution in [3.63, 3.8) is 0 Å². The first kappa shape index (κ1) is 26.6. The number of hydrogen-bond donors (Lipinski definition) is 0. The average molecular weight is 586 g/mol. The summed E-state index contributed by atoms with van der Waals surface area (Å²) < 4.78 is 0. The molecule has 1 aliphatic carbocycles. The zero-order valence-corrected chi connectivity index (χ0v) is 25.4. The second-order valence-electron chi connectivity index (χ2n) is 12.4. The smallest absolute Gasteiger partial charge is 0.0711 e. The maximum absolute atomic E-state index is 5.21. The van der Waals surface area contributed by atoms with Crippen LogP contribution in [0, 0.1) is 0 Å². The van der Waals surface area contributed by atoms with Gasteiger partial charge in [-0.25, -0.2) is 0 Å². The average Bonchev–Trinajstić information content (AvgIpc) is 3.50. The maximum atomic E-state index is 5.21. The van der Waals surface area contributed by atoms with Crippen LogP contribution in [0.15, 0.2) is 164 Å². The van der Waals surface area contributed by atoms with Gasteiger partial charge in [0, 0.05) is 17.7 Å². The summed E-state index contributed by atoms with van der Waals surface area (Å²) in [6.45, 7) is 0. The van der Waals surface area contributed by atoms with Crippen molar-refractivity contribution in [2.45, 2.75) is 12.8 Å². The molecule has 0 bridgehead atoms. The number of hydrogen-bond acceptors (Lipinski definition) is 1. The number of fused-ring (bicyclic) bond motifs is 6. The van der Waals surface area contributed by atoms with Crippen molar-refractivity contribution in [3.05, 3.63) is 186 Å². The number of nitrogens with zero attached hydrogens (tertiary/aromatic N) is 1. The third kappa shape index (κ3) is 4.69. The quantitative estimate of drug-likeness (QED) is 0.183. The molecular formula is C45H31N. The fourth-order valence-corrected chi connectivity index (χ4v) is 7.24. The van der Waals surface area contributed by atoms with Crippen molar-refractivity contribution in [2.24, 2.45) is 0 Å². The SMILES string of the molecule is c1ccc(-c2cc(Cc3cc4ccc(-c5ccc6c(c5)-c5ccccc5C6)cc4c4ccccc34)nc(-c3ccccc3)c2)cc1. The molecule has 0 N–H and O–H groups in total. The molecule has 1 heteroatoms. The van der Waals surface area contributed by atoms with Crippen LogP contribution in [-0.4, -0.2) is 4.98 Å². The predicted octanol–water partition coefficient (Wildman–Crippen LogP) is 11.6. The fraction of sp³-hybridized carbons (Fsp3) is 0.0444. The van der Waals surface area contributed by atoms with E-state index in [2.05, 4.69) is 164 Å². The second-order valence-corrected chi connectivity index (χ2v) is 12.4. The van der Waals surface area contributed by atoms with E-state index < -0.39 is 0 Å². The highest BCUT2D eigenvalue weighted by molar-refractivity contribution is 6.10. The van der Waals surface area contributed by atoms with E-state index in [0.717, 1.165) is 29.8 Å². The second kappa shape index (κ2) is 11.0. The number of pyridine rings is 1. The molecule has 0 fully saturated rings. The van der Waals surface area contributed by atoms with Gasteiger partial charge in [0.25, 0.3) is 0 Å². The molecule has 216 valence electrons. The first-order valence-corrected chi connectivity index (χ1v) is 16.0. The van der Waals surface area contributed by atoms with Crippen LogP contribution < -0.4 is 0 Å². The number of aromatic nitrogens is 1. The highest BCUT2D eigenvalue weighted by atomic mass is 14.7. The summed E-state index contributed by atoms with van der Waals surface area (Å²) in [5, 5.41) is 5.11. The Bertz CT molecular complexity index is 2350. The van der Waals surface area contributed by atoms with Crippen LogP contribution in [0.4, 0.5) is 0 Å². The van der Waals surface area contributed by atoms with Gasteiger partial charge in [-0.3, -0.25) is 4.98 Å². The third-order valence-corrected chi connectivity index (χ3v) is 9.50. The molecule has 0 atom stereocenters. The van der Waals surface area contributed by atoms with Gasteiger partial charge in [-0.05, 0) is 102 Å². The van der Waals surface area contributed by atoms with Gasteiger partial charge in [0.1, 0.15) is 0 Å². The van der Waals surface area contributed by atoms with Gasteiger partial charge < -0.3 is 0 Å². The van der Waals surface area contributed by atoms with Crippen LogP contribution in [0.1, 0.15) is 22.4 Å². The molecule has 9 rings (SSSR count). The minimum atomic E-state index is 0.753. The first-order valence-electron chi connectivity index (χ1n) is 16.0. The van der Waals surface area contributed by atoms with E-state index in [0.29, 0.717) is 0 Å². The zero-order valence-electron chi connectivity index (χ0n) is 25.4. The molecular weight excluding hydrogens is 555 g/mol. The van der Waals surface area contributed by atoms with Crippen molar-refractivity contribution >= 4 is 21.5 Å². The number of rotatable bonds is 5. The van der Waals surface area contributed by atoms with E-state index in [1.807, 2.05) is 0 Å². The third-order valence-electron chi connectivity index (χ3n) is 9.50. The Hall–Kier alpha value is -5.79. The van der Waals surface area contributed by atoms with Crippen LogP contribution in [0.2, 0.25) is 0 Å². The van der Waals surface area contributed by atoms with Crippen LogP contribution in [0.5, 0.6) is 0 Å². The Labute approximate surface area is 269 Å². The summed E-state index contributed by atoms with van der Waals surface area (Å²) in [5.41, 5.74) is 15.0. The van der Waals surface area contributed by atoms with Crippen molar-refractivity contribution in [2.75, 3.05) is 0 Å². The summed E-state index contributed by atoms with van der Waals surface area (Å²) in [4.78, 5) is 5.21. The van der Waals surface area contributed by atoms with Gasteiger partial charge in [-0.15, -0.1) is 0 Å². The lowest BCUT2D eigenvalue weighted by atomic mass is 9.91. The zero-order chi connectivity index (χ0) is 30.5. The standard InChI is InChI=1S/C45H31N/c1-3-11-30(12-4-1)37-25-39(46-45(29-37)31-13-5-2-6-14-31)26-38-24-36-22-20-33(28-44(36)42-18-10-9-17-41(38)42)32-19-21-35-23-34-15-7-8-16-40(34)43(35)27-32/h1-22,24-25,27-29H,23,26H2. The summed E-state index contributed by atoms with van der Waals surface area (Å²) in [7, 11) is 0. The minimum Gasteiger partial charge on any atom is -0.252 e. The lowest BCUT2D eigenvalue weighted by Gasteiger charge is -2.14. The predicted molar refractivity (Wildman–Crippen MR) is 193 cm³/mol. The Morgan fingerprint density at radius 1 is 0.413 bits per heavy atom. The normalized spacial score (nSPS) is 11.9. The van der Waals surface area contributed by atoms with Gasteiger partial charge in [0.2, 0.25) is 0 Å². The molecule has 0 radical (unpaired) electrons. The molecule has 1 nitrogen and oxygen atoms in total. The largest absolute Gasteiger partial charge is 0.252 e. The number of benzene rings is 7. The van der Waals surface area contributed by atoms with Crippen LogP contribution >= 0.6 is 0 Å². The molecule has 0 unspecified atom stereocenters. The maximum Gasteiger partial charge on any atom is 0.0711 e. The highest BCUT2D eigenvalue weighted by Crippen LogP contribution is 2.40. The van der Waals surface area contributed by atoms with E-state index >= 15 is 0 Å². The fourth-order valence-electron chi connectivity index (χ4n) is 7.24. The molecule has 0 aliphatic heterocycles. The Morgan fingerprint density at radius 3 is 1.93 bits per heavy atom. The van der Waals surface area contributed by atoms with E-state index in [-0.39, 0.29) is 0 Å². The topological polar surface area (TPSA) is 12.9 Å². The molecule has 1 aromatic heterocycles. The first-order chi connectivity index (χ1) is 22.8. The summed E-state index contributed by atoms with van der Waals surface area (Å²) >= 11 is 0. The van der Waals surface area contributed by atoms with Crippen LogP contribution in [0.3, 0.4) is 0 Å². The van der Waals surface area contributed by atoms with Crippen molar-refractivity contribution in [3.8, 4) is 44.6 Å². The van der Waals surface area contributed by atoms with Crippen molar-refractivity contribution < 1.29 is 0 Å². The molecule has 1 aliphatic rings. The van der Waals surface area contributed by atoms with Gasteiger partial charge in [0.05, 0.1) is 5.69 Å². The molecule has 0 saturated carbocycles. The van der Waals surface area contributed by atoms with Crippen LogP contribution in [-0.2, 0) is 12.8 Å².